The predicted octanol–water partition coefficient (Wildman–Crippen LogP) is 0.416. The molecule has 0 aromatic carbocycles. The molecule has 1 fully saturated rings. The van der Waals surface area contributed by atoms with E-state index in [0.29, 0.717) is 19.1 Å². The summed E-state index contributed by atoms with van der Waals surface area (Å²) >= 11 is 0. The van der Waals surface area contributed by atoms with Gasteiger partial charge in [-0.25, -0.2) is 4.79 Å². The van der Waals surface area contributed by atoms with Gasteiger partial charge in [0.25, 0.3) is 0 Å². The van der Waals surface area contributed by atoms with E-state index in [4.69, 9.17) is 4.74 Å². The normalized spacial score (nSPS) is 18.7. The van der Waals surface area contributed by atoms with Crippen LogP contribution in [0.4, 0.5) is 4.79 Å². The van der Waals surface area contributed by atoms with Gasteiger partial charge in [-0.1, -0.05) is 0 Å². The second-order valence-corrected chi connectivity index (χ2v) is 2.95. The molecule has 62 valence electrons. The van der Waals surface area contributed by atoms with Crippen LogP contribution in [0.3, 0.4) is 0 Å². The van der Waals surface area contributed by atoms with Gasteiger partial charge in [-0.3, -0.25) is 4.79 Å². The molecular formula is C7H11NO3. The molecule has 4 nitrogen and oxygen atoms in total. The van der Waals surface area contributed by atoms with Crippen molar-refractivity contribution in [1.82, 2.24) is 4.90 Å². The van der Waals surface area contributed by atoms with Crippen molar-refractivity contribution in [1.29, 1.82) is 0 Å². The molecule has 4 heteroatoms. The maximum Gasteiger partial charge on any atom is 0.410 e. The van der Waals surface area contributed by atoms with Gasteiger partial charge in [-0.2, -0.15) is 0 Å². The van der Waals surface area contributed by atoms with Crippen molar-refractivity contribution >= 4 is 12.4 Å². The van der Waals surface area contributed by atoms with Crippen LogP contribution in [0, 0.1) is 0 Å². The summed E-state index contributed by atoms with van der Waals surface area (Å²) in [5.41, 5.74) is -0.776. The Morgan fingerprint density at radius 3 is 2.36 bits per heavy atom. The standard InChI is InChI=1S/C7H11NO3/c1-8(2)6(10)11-7(5-9)3-4-7/h5H,3-4H2,1-2H3. The van der Waals surface area contributed by atoms with Crippen LogP contribution in [0.5, 0.6) is 0 Å². The molecule has 1 amide bonds. The lowest BCUT2D eigenvalue weighted by atomic mass is 10.4. The van der Waals surface area contributed by atoms with Gasteiger partial charge in [-0.15, -0.1) is 0 Å². The second-order valence-electron chi connectivity index (χ2n) is 2.95. The Morgan fingerprint density at radius 1 is 1.55 bits per heavy atom. The molecule has 0 aromatic rings. The third kappa shape index (κ3) is 1.69. The summed E-state index contributed by atoms with van der Waals surface area (Å²) in [6.07, 6.45) is 1.58. The molecule has 0 aromatic heterocycles. The number of ether oxygens (including phenoxy) is 1. The average Bonchev–Trinajstić information content (AvgIpc) is 2.69. The minimum atomic E-state index is -0.776. The van der Waals surface area contributed by atoms with Gasteiger partial charge in [0.05, 0.1) is 0 Å². The largest absolute Gasteiger partial charge is 0.435 e. The van der Waals surface area contributed by atoms with E-state index in [0.717, 1.165) is 0 Å². The Hall–Kier alpha value is -1.06. The molecular weight excluding hydrogens is 146 g/mol. The number of nitrogens with zero attached hydrogens (tertiary/aromatic N) is 1. The van der Waals surface area contributed by atoms with Crippen molar-refractivity contribution in [2.24, 2.45) is 0 Å². The molecule has 1 saturated carbocycles. The fourth-order valence-electron chi connectivity index (χ4n) is 0.632. The number of amides is 1. The zero-order valence-electron chi connectivity index (χ0n) is 6.66. The number of rotatable bonds is 2. The highest BCUT2D eigenvalue weighted by Crippen LogP contribution is 2.37. The van der Waals surface area contributed by atoms with E-state index >= 15 is 0 Å². The van der Waals surface area contributed by atoms with Crippen LogP contribution < -0.4 is 0 Å². The number of hydrogen-bond donors (Lipinski definition) is 0. The zero-order valence-corrected chi connectivity index (χ0v) is 6.66. The number of hydrogen-bond acceptors (Lipinski definition) is 3. The molecule has 0 unspecified atom stereocenters. The Kier molecular flexibility index (Phi) is 1.85. The number of carbonyl (C=O) groups is 2. The monoisotopic (exact) mass is 157 g/mol. The summed E-state index contributed by atoms with van der Waals surface area (Å²) < 4.78 is 4.88. The van der Waals surface area contributed by atoms with Crippen LogP contribution >= 0.6 is 0 Å². The first-order valence-electron chi connectivity index (χ1n) is 3.46. The van der Waals surface area contributed by atoms with E-state index in [-0.39, 0.29) is 0 Å². The van der Waals surface area contributed by atoms with Crippen LogP contribution in [-0.2, 0) is 9.53 Å². The van der Waals surface area contributed by atoms with Crippen LogP contribution in [0.15, 0.2) is 0 Å². The first kappa shape index (κ1) is 8.04. The average molecular weight is 157 g/mol. The van der Waals surface area contributed by atoms with Crippen LogP contribution in [0.2, 0.25) is 0 Å². The molecule has 1 rings (SSSR count). The van der Waals surface area contributed by atoms with Crippen molar-refractivity contribution in [2.75, 3.05) is 14.1 Å². The van der Waals surface area contributed by atoms with Gasteiger partial charge >= 0.3 is 6.09 Å². The van der Waals surface area contributed by atoms with Crippen molar-refractivity contribution in [2.45, 2.75) is 18.4 Å². The Bertz CT molecular complexity index is 184. The fraction of sp³-hybridized carbons (Fsp3) is 0.714. The summed E-state index contributed by atoms with van der Waals surface area (Å²) in [5.74, 6) is 0. The molecule has 0 heterocycles. The topological polar surface area (TPSA) is 46.6 Å². The molecule has 0 N–H and O–H groups in total. The summed E-state index contributed by atoms with van der Waals surface area (Å²) in [7, 11) is 3.17. The van der Waals surface area contributed by atoms with Crippen LogP contribution in [0.1, 0.15) is 12.8 Å². The fourth-order valence-corrected chi connectivity index (χ4v) is 0.632. The first-order valence-corrected chi connectivity index (χ1v) is 3.46. The second kappa shape index (κ2) is 2.53. The molecule has 0 saturated heterocycles. The summed E-state index contributed by atoms with van der Waals surface area (Å²) in [6, 6.07) is 0. The zero-order chi connectivity index (χ0) is 8.48. The third-order valence-corrected chi connectivity index (χ3v) is 1.61. The molecule has 0 aliphatic heterocycles. The van der Waals surface area contributed by atoms with Crippen molar-refractivity contribution in [3.63, 3.8) is 0 Å². The molecule has 1 aliphatic rings. The SMILES string of the molecule is CN(C)C(=O)OC1(C=O)CC1. The van der Waals surface area contributed by atoms with Crippen molar-refractivity contribution < 1.29 is 14.3 Å². The van der Waals surface area contributed by atoms with Crippen LogP contribution in [-0.4, -0.2) is 37.0 Å². The van der Waals surface area contributed by atoms with Crippen molar-refractivity contribution in [3.05, 3.63) is 0 Å². The summed E-state index contributed by atoms with van der Waals surface area (Å²) in [5, 5.41) is 0. The minimum absolute atomic E-state index is 0.449. The van der Waals surface area contributed by atoms with Gasteiger partial charge in [0.2, 0.25) is 0 Å². The molecule has 1 aliphatic carbocycles. The highest BCUT2D eigenvalue weighted by atomic mass is 16.6. The smallest absolute Gasteiger partial charge is 0.410 e. The van der Waals surface area contributed by atoms with Gasteiger partial charge in [0.1, 0.15) is 0 Å². The lowest BCUT2D eigenvalue weighted by molar-refractivity contribution is -0.117. The highest BCUT2D eigenvalue weighted by Gasteiger charge is 2.47. The predicted molar refractivity (Wildman–Crippen MR) is 38.2 cm³/mol. The Morgan fingerprint density at radius 2 is 2.09 bits per heavy atom. The van der Waals surface area contributed by atoms with E-state index in [2.05, 4.69) is 0 Å². The van der Waals surface area contributed by atoms with Gasteiger partial charge in [0, 0.05) is 14.1 Å². The van der Waals surface area contributed by atoms with E-state index in [9.17, 15) is 9.59 Å². The first-order chi connectivity index (χ1) is 5.09. The highest BCUT2D eigenvalue weighted by molar-refractivity contribution is 5.75. The maximum atomic E-state index is 10.9. The van der Waals surface area contributed by atoms with E-state index in [1.165, 1.54) is 4.90 Å². The molecule has 0 radical (unpaired) electrons. The number of aldehydes is 1. The minimum Gasteiger partial charge on any atom is -0.435 e. The molecule has 11 heavy (non-hydrogen) atoms. The lowest BCUT2D eigenvalue weighted by Crippen LogP contribution is -2.29. The molecule has 0 bridgehead atoms. The number of carbonyl (C=O) groups excluding carboxylic acids is 2. The van der Waals surface area contributed by atoms with Crippen molar-refractivity contribution in [3.8, 4) is 0 Å². The van der Waals surface area contributed by atoms with Gasteiger partial charge < -0.3 is 9.64 Å². The third-order valence-electron chi connectivity index (χ3n) is 1.61. The molecule has 0 atom stereocenters. The quantitative estimate of drug-likeness (QED) is 0.545. The van der Waals surface area contributed by atoms with E-state index in [1.807, 2.05) is 0 Å². The summed E-state index contributed by atoms with van der Waals surface area (Å²) in [6.45, 7) is 0. The lowest BCUT2D eigenvalue weighted by Gasteiger charge is -2.14. The molecule has 0 spiro atoms. The van der Waals surface area contributed by atoms with E-state index in [1.54, 1.807) is 14.1 Å². The Labute approximate surface area is 65.1 Å². The van der Waals surface area contributed by atoms with Gasteiger partial charge in [-0.05, 0) is 12.8 Å². The van der Waals surface area contributed by atoms with Gasteiger partial charge in [0.15, 0.2) is 11.9 Å². The van der Waals surface area contributed by atoms with E-state index < -0.39 is 11.7 Å². The maximum absolute atomic E-state index is 10.9. The van der Waals surface area contributed by atoms with Crippen LogP contribution in [0.25, 0.3) is 0 Å². The summed E-state index contributed by atoms with van der Waals surface area (Å²) in [4.78, 5) is 22.6. The Balaban J connectivity index is 2.42.